The zero-order valence-electron chi connectivity index (χ0n) is 20.0. The van der Waals surface area contributed by atoms with Crippen LogP contribution in [0.15, 0.2) is 36.4 Å². The summed E-state index contributed by atoms with van der Waals surface area (Å²) in [7, 11) is 0. The molecule has 3 heteroatoms. The standard InChI is InChI=1S/C27H39N2.ClH/c1-18(2)22-11-9-12-23(19(3)4)26(22)28-15-16-29(17-28)27-24(20(5)6)13-10-14-25(27)21(7)8;/h9-15,18-21H,16-17H2,1-8H3;1H/q+1;/p-1. The van der Waals surface area contributed by atoms with Crippen molar-refractivity contribution in [2.24, 2.45) is 0 Å². The predicted molar refractivity (Wildman–Crippen MR) is 127 cm³/mol. The third-order valence-corrected chi connectivity index (χ3v) is 6.13. The number of hydrogen-bond acceptors (Lipinski definition) is 1. The van der Waals surface area contributed by atoms with Crippen molar-refractivity contribution in [2.45, 2.75) is 79.1 Å². The highest BCUT2D eigenvalue weighted by Gasteiger charge is 2.31. The Morgan fingerprint density at radius 2 is 1.07 bits per heavy atom. The molecule has 0 spiro atoms. The first-order valence-electron chi connectivity index (χ1n) is 11.3. The second kappa shape index (κ2) is 10.0. The highest BCUT2D eigenvalue weighted by atomic mass is 35.5. The van der Waals surface area contributed by atoms with E-state index in [0.717, 1.165) is 13.2 Å². The Balaban J connectivity index is 0.00000320. The average molecular weight is 427 g/mol. The summed E-state index contributed by atoms with van der Waals surface area (Å²) < 4.78 is 2.51. The fraction of sp³-hybridized carbons (Fsp3) is 0.519. The van der Waals surface area contributed by atoms with Gasteiger partial charge in [-0.1, -0.05) is 91.8 Å². The molecule has 1 heterocycles. The maximum absolute atomic E-state index is 2.58. The van der Waals surface area contributed by atoms with Crippen molar-refractivity contribution in [3.63, 3.8) is 0 Å². The van der Waals surface area contributed by atoms with Gasteiger partial charge in [0.15, 0.2) is 6.21 Å². The Kier molecular flexibility index (Phi) is 8.16. The summed E-state index contributed by atoms with van der Waals surface area (Å²) in [5.41, 5.74) is 8.71. The molecule has 0 saturated heterocycles. The maximum atomic E-state index is 2.58. The number of anilines is 1. The Morgan fingerprint density at radius 1 is 0.667 bits per heavy atom. The molecule has 2 aromatic carbocycles. The van der Waals surface area contributed by atoms with Crippen LogP contribution < -0.4 is 17.3 Å². The molecule has 0 radical (unpaired) electrons. The van der Waals surface area contributed by atoms with Gasteiger partial charge in [0.05, 0.1) is 0 Å². The molecule has 30 heavy (non-hydrogen) atoms. The number of benzene rings is 2. The van der Waals surface area contributed by atoms with Crippen molar-refractivity contribution in [3.05, 3.63) is 58.7 Å². The Morgan fingerprint density at radius 3 is 1.47 bits per heavy atom. The monoisotopic (exact) mass is 426 g/mol. The summed E-state index contributed by atoms with van der Waals surface area (Å²) in [6, 6.07) is 13.7. The van der Waals surface area contributed by atoms with Gasteiger partial charge in [0.1, 0.15) is 6.54 Å². The second-order valence-corrected chi connectivity index (χ2v) is 9.71. The molecule has 0 bridgehead atoms. The van der Waals surface area contributed by atoms with Crippen molar-refractivity contribution in [2.75, 3.05) is 18.1 Å². The molecule has 0 atom stereocenters. The number of halogens is 1. The van der Waals surface area contributed by atoms with Gasteiger partial charge in [0, 0.05) is 16.8 Å². The van der Waals surface area contributed by atoms with E-state index in [4.69, 9.17) is 0 Å². The lowest BCUT2D eigenvalue weighted by Crippen LogP contribution is -3.00. The van der Waals surface area contributed by atoms with Crippen molar-refractivity contribution < 1.29 is 17.0 Å². The number of nitrogens with zero attached hydrogens (tertiary/aromatic N) is 2. The predicted octanol–water partition coefficient (Wildman–Crippen LogP) is 4.38. The van der Waals surface area contributed by atoms with E-state index in [1.807, 2.05) is 0 Å². The third-order valence-electron chi connectivity index (χ3n) is 6.13. The van der Waals surface area contributed by atoms with Gasteiger partial charge in [-0.25, -0.2) is 0 Å². The molecular formula is C27H39ClN2. The zero-order chi connectivity index (χ0) is 21.3. The van der Waals surface area contributed by atoms with Crippen LogP contribution in [-0.2, 0) is 0 Å². The van der Waals surface area contributed by atoms with Crippen molar-refractivity contribution in [1.29, 1.82) is 0 Å². The van der Waals surface area contributed by atoms with Gasteiger partial charge in [-0.15, -0.1) is 0 Å². The Bertz CT molecular complexity index is 841. The summed E-state index contributed by atoms with van der Waals surface area (Å²) in [5.74, 6) is 2.07. The molecule has 2 aromatic rings. The van der Waals surface area contributed by atoms with Gasteiger partial charge in [-0.2, -0.15) is 4.58 Å². The lowest BCUT2D eigenvalue weighted by molar-refractivity contribution is -0.427. The first kappa shape index (κ1) is 24.5. The van der Waals surface area contributed by atoms with Crippen LogP contribution in [0, 0.1) is 0 Å². The summed E-state index contributed by atoms with van der Waals surface area (Å²) in [4.78, 5) is 2.58. The molecule has 164 valence electrons. The molecular weight excluding hydrogens is 388 g/mol. The van der Waals surface area contributed by atoms with Gasteiger partial charge >= 0.3 is 0 Å². The summed E-state index contributed by atoms with van der Waals surface area (Å²) >= 11 is 0. The summed E-state index contributed by atoms with van der Waals surface area (Å²) in [6.45, 7) is 20.4. The normalized spacial score (nSPS) is 14.1. The quantitative estimate of drug-likeness (QED) is 0.621. The van der Waals surface area contributed by atoms with E-state index in [9.17, 15) is 0 Å². The van der Waals surface area contributed by atoms with Crippen molar-refractivity contribution in [3.8, 4) is 0 Å². The van der Waals surface area contributed by atoms with Crippen LogP contribution in [0.2, 0.25) is 0 Å². The SMILES string of the molecule is CC(C)c1cccc(C(C)C)c1N1CC=[N+](c2c(C(C)C)cccc2C(C)C)C1.[Cl-]. The van der Waals surface area contributed by atoms with E-state index in [2.05, 4.69) is 107 Å². The molecule has 0 unspecified atom stereocenters. The minimum atomic E-state index is 0. The first-order chi connectivity index (χ1) is 13.7. The van der Waals surface area contributed by atoms with Gasteiger partial charge in [-0.3, -0.25) is 0 Å². The van der Waals surface area contributed by atoms with Gasteiger partial charge in [0.25, 0.3) is 0 Å². The molecule has 1 aliphatic heterocycles. The lowest BCUT2D eigenvalue weighted by Gasteiger charge is -2.26. The van der Waals surface area contributed by atoms with Crippen molar-refractivity contribution in [1.82, 2.24) is 0 Å². The van der Waals surface area contributed by atoms with E-state index >= 15 is 0 Å². The van der Waals surface area contributed by atoms with Gasteiger partial charge in [-0.05, 0) is 34.8 Å². The lowest BCUT2D eigenvalue weighted by atomic mass is 9.92. The van der Waals surface area contributed by atoms with Gasteiger partial charge < -0.3 is 17.3 Å². The van der Waals surface area contributed by atoms with Crippen LogP contribution in [-0.4, -0.2) is 24.0 Å². The van der Waals surface area contributed by atoms with Crippen molar-refractivity contribution >= 4 is 17.6 Å². The van der Waals surface area contributed by atoms with Crippen LogP contribution in [0.3, 0.4) is 0 Å². The molecule has 0 fully saturated rings. The molecule has 1 aliphatic rings. The molecule has 0 saturated carbocycles. The Hall–Kier alpha value is -1.80. The van der Waals surface area contributed by atoms with Crippen LogP contribution >= 0.6 is 0 Å². The molecule has 0 N–H and O–H groups in total. The van der Waals surface area contributed by atoms with E-state index in [-0.39, 0.29) is 12.4 Å². The largest absolute Gasteiger partial charge is 1.00 e. The smallest absolute Gasteiger partial charge is 0.224 e. The third kappa shape index (κ3) is 4.75. The topological polar surface area (TPSA) is 6.25 Å². The summed E-state index contributed by atoms with van der Waals surface area (Å²) in [5, 5.41) is 0. The van der Waals surface area contributed by atoms with E-state index < -0.39 is 0 Å². The fourth-order valence-electron chi connectivity index (χ4n) is 4.54. The molecule has 2 nitrogen and oxygen atoms in total. The highest BCUT2D eigenvalue weighted by molar-refractivity contribution is 5.71. The molecule has 3 rings (SSSR count). The van der Waals surface area contributed by atoms with E-state index in [0.29, 0.717) is 23.7 Å². The number of rotatable bonds is 6. The molecule has 0 aliphatic carbocycles. The van der Waals surface area contributed by atoms with Crippen LogP contribution in [0.5, 0.6) is 0 Å². The average Bonchev–Trinajstić information content (AvgIpc) is 3.15. The van der Waals surface area contributed by atoms with Crippen LogP contribution in [0.25, 0.3) is 0 Å². The second-order valence-electron chi connectivity index (χ2n) is 9.71. The fourth-order valence-corrected chi connectivity index (χ4v) is 4.54. The highest BCUT2D eigenvalue weighted by Crippen LogP contribution is 2.39. The Labute approximate surface area is 190 Å². The number of hydrogen-bond donors (Lipinski definition) is 0. The van der Waals surface area contributed by atoms with Crippen LogP contribution in [0.4, 0.5) is 11.4 Å². The molecule has 0 amide bonds. The zero-order valence-corrected chi connectivity index (χ0v) is 20.8. The first-order valence-corrected chi connectivity index (χ1v) is 11.3. The minimum Gasteiger partial charge on any atom is -1.00 e. The van der Waals surface area contributed by atoms with E-state index in [1.54, 1.807) is 0 Å². The minimum absolute atomic E-state index is 0. The maximum Gasteiger partial charge on any atom is 0.224 e. The van der Waals surface area contributed by atoms with Crippen LogP contribution in [0.1, 0.15) is 101 Å². The molecule has 0 aromatic heterocycles. The summed E-state index contributed by atoms with van der Waals surface area (Å²) in [6.07, 6.45) is 2.40. The van der Waals surface area contributed by atoms with E-state index in [1.165, 1.54) is 33.6 Å². The number of para-hydroxylation sites is 2. The van der Waals surface area contributed by atoms with Gasteiger partial charge in [0.2, 0.25) is 12.4 Å².